The summed E-state index contributed by atoms with van der Waals surface area (Å²) in [5.41, 5.74) is 21.7. The predicted octanol–water partition coefficient (Wildman–Crippen LogP) is 26.6. The van der Waals surface area contributed by atoms with E-state index in [-0.39, 0.29) is 88.4 Å². The molecule has 4 aromatic heterocycles. The van der Waals surface area contributed by atoms with Crippen molar-refractivity contribution in [3.05, 3.63) is 375 Å². The normalized spacial score (nSPS) is 20.3. The van der Waals surface area contributed by atoms with Gasteiger partial charge in [0.2, 0.25) is 0 Å². The highest BCUT2D eigenvalue weighted by Crippen LogP contribution is 2.63. The molecule has 17 nitrogen and oxygen atoms in total. The average Bonchev–Trinajstić information content (AvgIpc) is 1.56. The lowest BCUT2D eigenvalue weighted by Gasteiger charge is -2.43. The van der Waals surface area contributed by atoms with Crippen LogP contribution in [0.4, 0.5) is 22.0 Å². The second-order valence-corrected chi connectivity index (χ2v) is 42.1. The Morgan fingerprint density at radius 1 is 0.411 bits per heavy atom. The van der Waals surface area contributed by atoms with Crippen molar-refractivity contribution in [2.75, 3.05) is 13.1 Å². The zero-order valence-corrected chi connectivity index (χ0v) is 83.2. The second kappa shape index (κ2) is 44.5. The van der Waals surface area contributed by atoms with E-state index in [2.05, 4.69) is 119 Å². The van der Waals surface area contributed by atoms with E-state index in [0.717, 1.165) is 247 Å². The largest absolute Gasteiger partial charge is 0.416 e. The van der Waals surface area contributed by atoms with Crippen molar-refractivity contribution in [1.29, 1.82) is 0 Å². The second-order valence-electron chi connectivity index (χ2n) is 40.4. The van der Waals surface area contributed by atoms with Gasteiger partial charge in [-0.1, -0.05) is 257 Å². The fraction of sp³-hybridized carbons (Fsp3) is 0.391. The highest BCUT2D eigenvalue weighted by Gasteiger charge is 2.60. The summed E-state index contributed by atoms with van der Waals surface area (Å²) >= 11 is 25.7. The first kappa shape index (κ1) is 99.6. The summed E-state index contributed by atoms with van der Waals surface area (Å²) in [6.07, 6.45) is 22.8. The molecular formula is C115H122Cl4F5N13O4. The number of nitrogens with one attached hydrogen (secondary N) is 4. The minimum Gasteiger partial charge on any atom is -0.348 e. The summed E-state index contributed by atoms with van der Waals surface area (Å²) in [5, 5.41) is 33.2. The van der Waals surface area contributed by atoms with Crippen LogP contribution in [0.1, 0.15) is 311 Å². The van der Waals surface area contributed by atoms with Crippen molar-refractivity contribution in [1.82, 2.24) is 65.5 Å². The van der Waals surface area contributed by atoms with Gasteiger partial charge in [0, 0.05) is 87.7 Å². The zero-order valence-electron chi connectivity index (χ0n) is 80.2. The Morgan fingerprint density at radius 2 is 0.844 bits per heavy atom. The zero-order chi connectivity index (χ0) is 98.1. The molecule has 4 N–H and O–H groups in total. The highest BCUT2D eigenvalue weighted by molar-refractivity contribution is 6.36. The summed E-state index contributed by atoms with van der Waals surface area (Å²) in [4.78, 5) is 54.1. The van der Waals surface area contributed by atoms with Gasteiger partial charge in [-0.25, -0.2) is 23.2 Å². The van der Waals surface area contributed by atoms with Crippen molar-refractivity contribution >= 4 is 70.0 Å². The summed E-state index contributed by atoms with van der Waals surface area (Å²) in [5.74, 6) is 0.159. The molecule has 8 aliphatic rings. The third-order valence-corrected chi connectivity index (χ3v) is 31.5. The van der Waals surface area contributed by atoms with Crippen LogP contribution in [0.15, 0.2) is 231 Å². The summed E-state index contributed by atoms with van der Waals surface area (Å²) in [6, 6.07) is 71.0. The van der Waals surface area contributed by atoms with Crippen molar-refractivity contribution in [2.24, 2.45) is 16.7 Å². The minimum atomic E-state index is -4.43. The quantitative estimate of drug-likeness (QED) is 0.0400. The number of carbonyl (C=O) groups excluding carboxylic acids is 4. The Bertz CT molecular complexity index is 6560. The van der Waals surface area contributed by atoms with Crippen LogP contribution >= 0.6 is 46.4 Å². The van der Waals surface area contributed by atoms with E-state index in [9.17, 15) is 41.1 Å². The van der Waals surface area contributed by atoms with Crippen LogP contribution in [0.25, 0.3) is 11.4 Å². The maximum Gasteiger partial charge on any atom is 0.416 e. The Kier molecular flexibility index (Phi) is 31.5. The number of hydrogen-bond donors (Lipinski definition) is 4. The number of rotatable bonds is 21. The van der Waals surface area contributed by atoms with Crippen molar-refractivity contribution < 1.29 is 41.1 Å². The lowest BCUT2D eigenvalue weighted by Crippen LogP contribution is -2.52. The summed E-state index contributed by atoms with van der Waals surface area (Å²) < 4.78 is 74.3. The third-order valence-electron chi connectivity index (χ3n) is 30.5. The third kappa shape index (κ3) is 23.1. The van der Waals surface area contributed by atoms with Crippen molar-refractivity contribution in [2.45, 2.75) is 256 Å². The lowest BCUT2D eigenvalue weighted by atomic mass is 9.68. The molecule has 734 valence electrons. The van der Waals surface area contributed by atoms with Crippen LogP contribution < -0.4 is 21.4 Å². The molecule has 1 saturated heterocycles. The number of aromatic nitrogens is 8. The molecule has 141 heavy (non-hydrogen) atoms. The van der Waals surface area contributed by atoms with Crippen LogP contribution in [-0.4, -0.2) is 92.9 Å². The van der Waals surface area contributed by atoms with Gasteiger partial charge < -0.3 is 16.0 Å². The maximum atomic E-state index is 14.1. The van der Waals surface area contributed by atoms with Gasteiger partial charge in [-0.05, 0) is 270 Å². The number of carbonyl (C=O) groups is 4. The molecule has 1 aliphatic heterocycles. The van der Waals surface area contributed by atoms with Gasteiger partial charge in [0.1, 0.15) is 11.6 Å². The molecule has 5 heterocycles. The molecule has 9 aromatic carbocycles. The molecule has 4 fully saturated rings. The van der Waals surface area contributed by atoms with E-state index in [1.54, 1.807) is 30.3 Å². The lowest BCUT2D eigenvalue weighted by molar-refractivity contribution is -0.137. The first-order valence-electron chi connectivity index (χ1n) is 50.4. The fourth-order valence-electron chi connectivity index (χ4n) is 23.2. The smallest absolute Gasteiger partial charge is 0.348 e. The van der Waals surface area contributed by atoms with E-state index in [0.29, 0.717) is 73.1 Å². The van der Waals surface area contributed by atoms with Crippen LogP contribution in [0, 0.1) is 28.4 Å². The number of alkyl halides is 3. The molecule has 4 amide bonds. The molecule has 0 spiro atoms. The number of hydrogen-bond acceptors (Lipinski definition) is 9. The van der Waals surface area contributed by atoms with Gasteiger partial charge in [-0.3, -0.25) is 34.0 Å². The predicted molar refractivity (Wildman–Crippen MR) is 546 cm³/mol. The Balaban J connectivity index is 0.000000125. The van der Waals surface area contributed by atoms with Gasteiger partial charge in [-0.2, -0.15) is 33.6 Å². The Labute approximate surface area is 842 Å². The first-order chi connectivity index (χ1) is 68.2. The van der Waals surface area contributed by atoms with Crippen molar-refractivity contribution in [3.8, 4) is 11.4 Å². The number of hydrazine groups is 1. The van der Waals surface area contributed by atoms with Crippen LogP contribution in [0.5, 0.6) is 0 Å². The number of piperidine rings is 1. The Morgan fingerprint density at radius 3 is 1.28 bits per heavy atom. The maximum absolute atomic E-state index is 14.1. The van der Waals surface area contributed by atoms with E-state index < -0.39 is 11.7 Å². The molecule has 0 radical (unpaired) electrons. The van der Waals surface area contributed by atoms with Crippen LogP contribution in [0.3, 0.4) is 0 Å². The SMILES string of the molecule is CC12CCC(C1)C(C)(C)[C@H]2NC(=O)c1nn(-c2ccc(Cl)cc2Cl)c2c1CCCCC2Cc1ccc(F)cc1.O=C(NC1CCC1)c1nn(-c2ccc(Cl)cc2Cl)c2c1CCCCC2Cc1ccc(F)cc1.O=C(NCc1cccc(C(F)(F)F)c1)c1nn(Cc2ccccc2)c2c1CCCCC2c1ccccc1.O=C(NN1CCCCC1)c1nn(Cc2ccccc2)c2c1CCCCC2c1ccccc1. The molecule has 7 atom stereocenters. The Hall–Kier alpha value is -11.5. The van der Waals surface area contributed by atoms with Crippen LogP contribution in [0.2, 0.25) is 20.1 Å². The molecule has 7 aliphatic carbocycles. The molecule has 21 rings (SSSR count). The molecular weight excluding hydrogens is 1860 g/mol. The standard InChI is InChI=1S/C32H36Cl2FN3O.C30H28F3N3O.C27H32N4O.C26H26Cl2FN3O/c1-31(2)21-14-15-32(3,18-21)30(31)36-29(39)27-24-7-5-4-6-20(16-19-8-11-23(35)12-9-19)28(24)38(37-27)26-13-10-22(33)17-25(26)34;31-30(32,33)24-15-9-12-22(18-24)19-34-29(37)27-26-17-8-7-16-25(23-13-5-2-6-14-23)28(26)36(35-27)20-21-10-3-1-4-11-21;32-27(29-30-18-10-3-11-19-30)25-24-17-9-8-16-23(22-14-6-2-7-15-22)26(24)31(28-25)20-21-12-4-1-5-13-21;27-18-10-13-23(22(28)15-18)32-25-17(14-16-8-11-19(29)12-9-16)4-1-2-7-21(25)24(31-32)26(33)30-20-5-3-6-20/h8-13,17,20-21,30H,4-7,14-16,18H2,1-3H3,(H,36,39);1-6,9-15,18,25H,7-8,16-17,19-20H2,(H,34,37);1-2,4-7,12-15,23H,3,8-11,16-20H2,(H,29,32);8-13,15,17,20H,1-7,14H2,(H,30,33)/t20?,21?,30-,32?;;;/m1.../s1. The summed E-state index contributed by atoms with van der Waals surface area (Å²) in [6.45, 7) is 9.99. The van der Waals surface area contributed by atoms with E-state index in [1.165, 1.54) is 65.6 Å². The van der Waals surface area contributed by atoms with Gasteiger partial charge in [0.25, 0.3) is 23.6 Å². The molecule has 13 aromatic rings. The fourth-order valence-corrected chi connectivity index (χ4v) is 24.1. The van der Waals surface area contributed by atoms with Gasteiger partial charge in [0.15, 0.2) is 22.8 Å². The van der Waals surface area contributed by atoms with E-state index >= 15 is 0 Å². The number of benzene rings is 9. The van der Waals surface area contributed by atoms with Gasteiger partial charge in [0.05, 0.1) is 62.8 Å². The monoisotopic (exact) mass is 1980 g/mol. The summed E-state index contributed by atoms with van der Waals surface area (Å²) in [7, 11) is 0. The average molecular weight is 1990 g/mol. The van der Waals surface area contributed by atoms with Gasteiger partial charge in [-0.15, -0.1) is 0 Å². The number of amides is 4. The minimum absolute atomic E-state index is 0.00874. The molecule has 6 unspecified atom stereocenters. The van der Waals surface area contributed by atoms with Crippen LogP contribution in [-0.2, 0) is 64.3 Å². The number of fused-ring (bicyclic) bond motifs is 6. The molecule has 2 bridgehead atoms. The molecule has 26 heteroatoms. The topological polar surface area (TPSA) is 191 Å². The molecule has 3 saturated carbocycles. The van der Waals surface area contributed by atoms with E-state index in [4.69, 9.17) is 66.8 Å². The van der Waals surface area contributed by atoms with Gasteiger partial charge >= 0.3 is 6.18 Å². The highest BCUT2D eigenvalue weighted by atomic mass is 35.5. The number of halogens is 9. The number of nitrogens with zero attached hydrogens (tertiary/aromatic N) is 9. The van der Waals surface area contributed by atoms with E-state index in [1.807, 2.05) is 105 Å². The van der Waals surface area contributed by atoms with Crippen molar-refractivity contribution in [3.63, 3.8) is 0 Å². The first-order valence-corrected chi connectivity index (χ1v) is 51.9.